The summed E-state index contributed by atoms with van der Waals surface area (Å²) in [7, 11) is 2.01. The maximum absolute atomic E-state index is 4.95. The summed E-state index contributed by atoms with van der Waals surface area (Å²) in [5, 5.41) is 7.12. The number of halogens is 1. The van der Waals surface area contributed by atoms with Gasteiger partial charge in [-0.3, -0.25) is 0 Å². The van der Waals surface area contributed by atoms with Crippen LogP contribution < -0.4 is 5.32 Å². The summed E-state index contributed by atoms with van der Waals surface area (Å²) in [6.45, 7) is 5.82. The van der Waals surface area contributed by atoms with Crippen molar-refractivity contribution in [3.8, 4) is 0 Å². The Morgan fingerprint density at radius 1 is 1.52 bits per heavy atom. The van der Waals surface area contributed by atoms with Gasteiger partial charge in [-0.05, 0) is 35.0 Å². The van der Waals surface area contributed by atoms with Crippen molar-refractivity contribution in [3.63, 3.8) is 0 Å². The van der Waals surface area contributed by atoms with Gasteiger partial charge in [-0.2, -0.15) is 4.98 Å². The fraction of sp³-hybridized carbons (Fsp3) is 0.462. The Balaban J connectivity index is 2.02. The lowest BCUT2D eigenvalue weighted by molar-refractivity contribution is 0.387. The molecule has 0 bridgehead atoms. The van der Waals surface area contributed by atoms with E-state index in [1.807, 2.05) is 14.0 Å². The molecule has 0 saturated carbocycles. The average Bonchev–Trinajstić information content (AvgIpc) is 3.03. The van der Waals surface area contributed by atoms with Gasteiger partial charge >= 0.3 is 0 Å². The second-order valence-electron chi connectivity index (χ2n) is 4.46. The summed E-state index contributed by atoms with van der Waals surface area (Å²) in [5.74, 6) is 1.97. The molecule has 2 rings (SSSR count). The summed E-state index contributed by atoms with van der Waals surface area (Å²) < 4.78 is 6.08. The standard InChI is InChI=1S/C13H18BrN5OS/c1-4-15-13(16-7-12-17-9(2)20-18-12)19(3)8-10-5-6-11(14)21-10/h5-6H,4,7-8H2,1-3H3,(H,15,16). The number of guanidine groups is 1. The van der Waals surface area contributed by atoms with Crippen molar-refractivity contribution in [2.45, 2.75) is 26.9 Å². The molecule has 1 N–H and O–H groups in total. The summed E-state index contributed by atoms with van der Waals surface area (Å²) in [5.41, 5.74) is 0. The zero-order valence-corrected chi connectivity index (χ0v) is 14.7. The van der Waals surface area contributed by atoms with Crippen molar-refractivity contribution >= 4 is 33.2 Å². The highest BCUT2D eigenvalue weighted by Gasteiger charge is 2.09. The minimum absolute atomic E-state index is 0.401. The Kier molecular flexibility index (Phi) is 5.75. The van der Waals surface area contributed by atoms with E-state index in [4.69, 9.17) is 4.52 Å². The van der Waals surface area contributed by atoms with Gasteiger partial charge in [0.05, 0.1) is 10.3 Å². The Labute approximate surface area is 136 Å². The van der Waals surface area contributed by atoms with Gasteiger partial charge in [0.15, 0.2) is 11.8 Å². The van der Waals surface area contributed by atoms with Crippen molar-refractivity contribution in [1.29, 1.82) is 0 Å². The molecule has 0 unspecified atom stereocenters. The largest absolute Gasteiger partial charge is 0.357 e. The molecule has 2 aromatic rings. The Hall–Kier alpha value is -1.41. The highest BCUT2D eigenvalue weighted by atomic mass is 79.9. The molecule has 6 nitrogen and oxygen atoms in total. The minimum Gasteiger partial charge on any atom is -0.357 e. The first-order valence-electron chi connectivity index (χ1n) is 6.61. The van der Waals surface area contributed by atoms with Gasteiger partial charge in [-0.1, -0.05) is 5.16 Å². The first-order valence-corrected chi connectivity index (χ1v) is 8.22. The van der Waals surface area contributed by atoms with E-state index in [-0.39, 0.29) is 0 Å². The van der Waals surface area contributed by atoms with Gasteiger partial charge in [0.1, 0.15) is 6.54 Å². The Bertz CT molecular complexity index is 609. The van der Waals surface area contributed by atoms with Gasteiger partial charge in [-0.25, -0.2) is 4.99 Å². The first-order chi connectivity index (χ1) is 10.1. The van der Waals surface area contributed by atoms with Crippen LogP contribution in [0.15, 0.2) is 25.4 Å². The molecule has 8 heteroatoms. The lowest BCUT2D eigenvalue weighted by Crippen LogP contribution is -2.38. The predicted molar refractivity (Wildman–Crippen MR) is 87.3 cm³/mol. The molecule has 0 aliphatic heterocycles. The number of hydrogen-bond acceptors (Lipinski definition) is 5. The van der Waals surface area contributed by atoms with Gasteiger partial charge in [0, 0.05) is 25.4 Å². The third kappa shape index (κ3) is 4.82. The smallest absolute Gasteiger partial charge is 0.223 e. The van der Waals surface area contributed by atoms with Crippen LogP contribution in [-0.2, 0) is 13.1 Å². The molecule has 0 atom stereocenters. The van der Waals surface area contributed by atoms with Crippen molar-refractivity contribution in [2.75, 3.05) is 13.6 Å². The van der Waals surface area contributed by atoms with Gasteiger partial charge < -0.3 is 14.7 Å². The fourth-order valence-corrected chi connectivity index (χ4v) is 3.30. The number of aryl methyl sites for hydroxylation is 1. The SMILES string of the molecule is CCNC(=NCc1noc(C)n1)N(C)Cc1ccc(Br)s1. The van der Waals surface area contributed by atoms with Crippen LogP contribution in [0.2, 0.25) is 0 Å². The Morgan fingerprint density at radius 2 is 2.33 bits per heavy atom. The number of aliphatic imine (C=N–C) groups is 1. The molecule has 21 heavy (non-hydrogen) atoms. The van der Waals surface area contributed by atoms with E-state index in [1.54, 1.807) is 18.3 Å². The predicted octanol–water partition coefficient (Wildman–Crippen LogP) is 2.80. The van der Waals surface area contributed by atoms with Crippen LogP contribution >= 0.6 is 27.3 Å². The van der Waals surface area contributed by atoms with E-state index in [0.29, 0.717) is 18.3 Å². The third-order valence-electron chi connectivity index (χ3n) is 2.66. The quantitative estimate of drug-likeness (QED) is 0.646. The monoisotopic (exact) mass is 371 g/mol. The van der Waals surface area contributed by atoms with Gasteiger partial charge in [-0.15, -0.1) is 11.3 Å². The summed E-state index contributed by atoms with van der Waals surface area (Å²) in [6.07, 6.45) is 0. The molecule has 0 radical (unpaired) electrons. The van der Waals surface area contributed by atoms with Crippen molar-refractivity contribution < 1.29 is 4.52 Å². The molecule has 114 valence electrons. The van der Waals surface area contributed by atoms with Crippen LogP contribution in [0.4, 0.5) is 0 Å². The van der Waals surface area contributed by atoms with Crippen molar-refractivity contribution in [2.24, 2.45) is 4.99 Å². The summed E-state index contributed by atoms with van der Waals surface area (Å²) >= 11 is 5.20. The van der Waals surface area contributed by atoms with Gasteiger partial charge in [0.2, 0.25) is 5.89 Å². The first kappa shape index (κ1) is 16.0. The molecule has 0 amide bonds. The highest BCUT2D eigenvalue weighted by molar-refractivity contribution is 9.11. The topological polar surface area (TPSA) is 66.5 Å². The van der Waals surface area contributed by atoms with Crippen LogP contribution in [0.25, 0.3) is 0 Å². The van der Waals surface area contributed by atoms with Gasteiger partial charge in [0.25, 0.3) is 0 Å². The molecular formula is C13H18BrN5OS. The van der Waals surface area contributed by atoms with E-state index in [0.717, 1.165) is 22.8 Å². The van der Waals surface area contributed by atoms with Crippen LogP contribution in [0.1, 0.15) is 23.5 Å². The number of rotatable bonds is 5. The number of aromatic nitrogens is 2. The molecule has 0 fully saturated rings. The minimum atomic E-state index is 0.401. The van der Waals surface area contributed by atoms with Crippen molar-refractivity contribution in [3.05, 3.63) is 32.5 Å². The van der Waals surface area contributed by atoms with E-state index in [2.05, 4.69) is 53.4 Å². The normalized spacial score (nSPS) is 11.7. The third-order valence-corrected chi connectivity index (χ3v) is 4.27. The van der Waals surface area contributed by atoms with Crippen LogP contribution in [0.3, 0.4) is 0 Å². The lowest BCUT2D eigenvalue weighted by atomic mass is 10.4. The molecule has 0 aromatic carbocycles. The molecule has 0 aliphatic rings. The Morgan fingerprint density at radius 3 is 2.90 bits per heavy atom. The number of nitrogens with zero attached hydrogens (tertiary/aromatic N) is 4. The second-order valence-corrected chi connectivity index (χ2v) is 7.01. The van der Waals surface area contributed by atoms with E-state index < -0.39 is 0 Å². The molecular weight excluding hydrogens is 354 g/mol. The molecule has 2 heterocycles. The van der Waals surface area contributed by atoms with E-state index in [9.17, 15) is 0 Å². The number of hydrogen-bond donors (Lipinski definition) is 1. The fourth-order valence-electron chi connectivity index (χ4n) is 1.77. The van der Waals surface area contributed by atoms with E-state index in [1.165, 1.54) is 4.88 Å². The van der Waals surface area contributed by atoms with Crippen LogP contribution in [0, 0.1) is 6.92 Å². The highest BCUT2D eigenvalue weighted by Crippen LogP contribution is 2.22. The molecule has 2 aromatic heterocycles. The van der Waals surface area contributed by atoms with Crippen LogP contribution in [0.5, 0.6) is 0 Å². The average molecular weight is 372 g/mol. The molecule has 0 saturated heterocycles. The molecule has 0 aliphatic carbocycles. The zero-order valence-electron chi connectivity index (χ0n) is 12.3. The second kappa shape index (κ2) is 7.56. The molecule has 0 spiro atoms. The summed E-state index contributed by atoms with van der Waals surface area (Å²) in [6, 6.07) is 4.16. The van der Waals surface area contributed by atoms with E-state index >= 15 is 0 Å². The van der Waals surface area contributed by atoms with Crippen LogP contribution in [-0.4, -0.2) is 34.6 Å². The van der Waals surface area contributed by atoms with Crippen molar-refractivity contribution in [1.82, 2.24) is 20.4 Å². The lowest BCUT2D eigenvalue weighted by Gasteiger charge is -2.21. The maximum atomic E-state index is 4.95. The number of thiophene rings is 1. The summed E-state index contributed by atoms with van der Waals surface area (Å²) in [4.78, 5) is 12.0. The maximum Gasteiger partial charge on any atom is 0.223 e. The zero-order chi connectivity index (χ0) is 15.2. The number of nitrogens with one attached hydrogen (secondary N) is 1.